The number of H-pyrrole nitrogens is 1. The molecule has 1 aromatic carbocycles. The van der Waals surface area contributed by atoms with Crippen LogP contribution in [0.15, 0.2) is 29.2 Å². The molecule has 42 heavy (non-hydrogen) atoms. The zero-order valence-electron chi connectivity index (χ0n) is 24.8. The SMILES string of the molecule is C#CCCNC(=O)CC.CCn1c(=CCC#N)sc(=CC(C)CNc2ccc3c(C(=O)NCCNC)c[nH]c3c2)c1=O. The number of carbonyl (C=O) groups excluding carboxylic acids is 2. The zero-order chi connectivity index (χ0) is 30.9. The van der Waals surface area contributed by atoms with Gasteiger partial charge in [0.05, 0.1) is 27.2 Å². The summed E-state index contributed by atoms with van der Waals surface area (Å²) in [6, 6.07) is 7.97. The van der Waals surface area contributed by atoms with E-state index >= 15 is 0 Å². The number of nitriles is 1. The zero-order valence-corrected chi connectivity index (χ0v) is 25.6. The lowest BCUT2D eigenvalue weighted by Gasteiger charge is -2.10. The van der Waals surface area contributed by atoms with E-state index in [0.29, 0.717) is 55.7 Å². The number of aromatic amines is 1. The molecule has 10 nitrogen and oxygen atoms in total. The molecule has 1 unspecified atom stereocenters. The van der Waals surface area contributed by atoms with Gasteiger partial charge in [0.15, 0.2) is 0 Å². The molecule has 2 heterocycles. The Balaban J connectivity index is 0.000000592. The van der Waals surface area contributed by atoms with Crippen molar-refractivity contribution >= 4 is 51.9 Å². The Morgan fingerprint density at radius 2 is 2.00 bits per heavy atom. The van der Waals surface area contributed by atoms with E-state index in [1.807, 2.05) is 45.2 Å². The molecule has 224 valence electrons. The molecule has 2 amide bonds. The lowest BCUT2D eigenvalue weighted by molar-refractivity contribution is -0.120. The monoisotopic (exact) mass is 591 g/mol. The summed E-state index contributed by atoms with van der Waals surface area (Å²) in [6.45, 7) is 8.93. The summed E-state index contributed by atoms with van der Waals surface area (Å²) in [5.41, 5.74) is 2.44. The Hall–Kier alpha value is -4.32. The van der Waals surface area contributed by atoms with Crippen LogP contribution in [0.25, 0.3) is 23.1 Å². The van der Waals surface area contributed by atoms with Gasteiger partial charge in [-0.3, -0.25) is 19.0 Å². The number of anilines is 1. The van der Waals surface area contributed by atoms with Crippen LogP contribution in [0.4, 0.5) is 5.69 Å². The van der Waals surface area contributed by atoms with E-state index in [2.05, 4.69) is 45.2 Å². The molecule has 3 aromatic rings. The minimum Gasteiger partial charge on any atom is -0.384 e. The van der Waals surface area contributed by atoms with Crippen molar-refractivity contribution in [1.29, 1.82) is 5.26 Å². The standard InChI is InChI=1S/C24H30N6O2S.C7H11NO/c1-4-30-22(6-5-9-25)33-21(24(30)32)12-16(2)14-28-17-7-8-18-19(15-29-20(18)13-17)23(31)27-11-10-26-3;1-3-5-6-8-7(9)4-2/h6-8,12-13,15-16,26,28-29H,4-5,10-11,14H2,1-3H3,(H,27,31);1H,4-6H2,2H3,(H,8,9). The van der Waals surface area contributed by atoms with Crippen LogP contribution in [-0.4, -0.2) is 54.6 Å². The second-order valence-corrected chi connectivity index (χ2v) is 10.5. The topological polar surface area (TPSA) is 144 Å². The predicted octanol–water partition coefficient (Wildman–Crippen LogP) is 2.12. The van der Waals surface area contributed by atoms with Crippen LogP contribution in [0.1, 0.15) is 50.4 Å². The van der Waals surface area contributed by atoms with E-state index in [1.165, 1.54) is 11.3 Å². The van der Waals surface area contributed by atoms with Crippen LogP contribution in [0.3, 0.4) is 0 Å². The maximum Gasteiger partial charge on any atom is 0.268 e. The number of hydrogen-bond donors (Lipinski definition) is 5. The van der Waals surface area contributed by atoms with Gasteiger partial charge in [0.1, 0.15) is 0 Å². The third-order valence-corrected chi connectivity index (χ3v) is 7.31. The third kappa shape index (κ3) is 10.3. The second-order valence-electron chi connectivity index (χ2n) is 9.42. The van der Waals surface area contributed by atoms with Crippen LogP contribution in [-0.2, 0) is 11.3 Å². The molecule has 0 aliphatic rings. The van der Waals surface area contributed by atoms with Gasteiger partial charge in [0.25, 0.3) is 11.5 Å². The molecule has 2 aromatic heterocycles. The summed E-state index contributed by atoms with van der Waals surface area (Å²) >= 11 is 1.43. The van der Waals surface area contributed by atoms with Gasteiger partial charge < -0.3 is 26.3 Å². The summed E-state index contributed by atoms with van der Waals surface area (Å²) in [5.74, 6) is 2.52. The Morgan fingerprint density at radius 3 is 2.67 bits per heavy atom. The van der Waals surface area contributed by atoms with Crippen LogP contribution in [0.2, 0.25) is 0 Å². The quantitative estimate of drug-likeness (QED) is 0.152. The maximum atomic E-state index is 12.7. The van der Waals surface area contributed by atoms with Gasteiger partial charge in [-0.15, -0.1) is 23.7 Å². The van der Waals surface area contributed by atoms with Crippen LogP contribution < -0.4 is 36.0 Å². The summed E-state index contributed by atoms with van der Waals surface area (Å²) in [7, 11) is 1.85. The normalized spacial score (nSPS) is 12.1. The summed E-state index contributed by atoms with van der Waals surface area (Å²) in [5, 5.41) is 21.7. The average molecular weight is 592 g/mol. The van der Waals surface area contributed by atoms with E-state index in [-0.39, 0.29) is 29.7 Å². The van der Waals surface area contributed by atoms with Crippen molar-refractivity contribution in [3.05, 3.63) is 49.5 Å². The van der Waals surface area contributed by atoms with Crippen molar-refractivity contribution < 1.29 is 9.59 Å². The fourth-order valence-corrected chi connectivity index (χ4v) is 5.16. The fraction of sp³-hybridized carbons (Fsp3) is 0.419. The Kier molecular flexibility index (Phi) is 14.7. The van der Waals surface area contributed by atoms with Gasteiger partial charge in [0, 0.05) is 68.4 Å². The highest BCUT2D eigenvalue weighted by molar-refractivity contribution is 7.07. The molecule has 0 saturated heterocycles. The van der Waals surface area contributed by atoms with E-state index < -0.39 is 0 Å². The highest BCUT2D eigenvalue weighted by atomic mass is 32.1. The molecular weight excluding hydrogens is 550 g/mol. The fourth-order valence-electron chi connectivity index (χ4n) is 3.95. The number of benzene rings is 1. The first-order chi connectivity index (χ1) is 20.3. The van der Waals surface area contributed by atoms with E-state index in [1.54, 1.807) is 16.8 Å². The van der Waals surface area contributed by atoms with E-state index in [4.69, 9.17) is 11.7 Å². The maximum absolute atomic E-state index is 12.7. The van der Waals surface area contributed by atoms with Crippen LogP contribution in [0, 0.1) is 29.6 Å². The number of likely N-dealkylation sites (N-methyl/N-ethyl adjacent to an activating group) is 1. The largest absolute Gasteiger partial charge is 0.384 e. The number of rotatable bonds is 13. The van der Waals surface area contributed by atoms with Gasteiger partial charge in [-0.05, 0) is 44.2 Å². The number of hydrogen-bond acceptors (Lipinski definition) is 7. The number of amides is 2. The summed E-state index contributed by atoms with van der Waals surface area (Å²) in [6.07, 6.45) is 11.9. The first-order valence-corrected chi connectivity index (χ1v) is 14.9. The molecule has 0 aliphatic heterocycles. The van der Waals surface area contributed by atoms with Crippen molar-refractivity contribution in [3.8, 4) is 18.4 Å². The van der Waals surface area contributed by atoms with Gasteiger partial charge in [0.2, 0.25) is 5.91 Å². The van der Waals surface area contributed by atoms with Crippen LogP contribution in [0.5, 0.6) is 0 Å². The van der Waals surface area contributed by atoms with Gasteiger partial charge in [-0.2, -0.15) is 5.26 Å². The lowest BCUT2D eigenvalue weighted by Crippen LogP contribution is -2.31. The number of aromatic nitrogens is 2. The van der Waals surface area contributed by atoms with Gasteiger partial charge >= 0.3 is 0 Å². The molecule has 0 spiro atoms. The smallest absolute Gasteiger partial charge is 0.268 e. The number of nitrogens with one attached hydrogen (secondary N) is 5. The molecule has 5 N–H and O–H groups in total. The number of carbonyl (C=O) groups is 2. The number of terminal acetylenes is 1. The Morgan fingerprint density at radius 1 is 1.21 bits per heavy atom. The van der Waals surface area contributed by atoms with Crippen LogP contribution >= 0.6 is 11.3 Å². The van der Waals surface area contributed by atoms with E-state index in [9.17, 15) is 14.4 Å². The molecule has 0 bridgehead atoms. The molecule has 3 rings (SSSR count). The first kappa shape index (κ1) is 33.9. The first-order valence-electron chi connectivity index (χ1n) is 14.1. The molecular formula is C31H41N7O3S. The lowest BCUT2D eigenvalue weighted by atomic mass is 10.1. The Labute approximate surface area is 250 Å². The van der Waals surface area contributed by atoms with Crippen molar-refractivity contribution in [2.24, 2.45) is 5.92 Å². The molecule has 0 aliphatic carbocycles. The number of fused-ring (bicyclic) bond motifs is 1. The highest BCUT2D eigenvalue weighted by Gasteiger charge is 2.12. The highest BCUT2D eigenvalue weighted by Crippen LogP contribution is 2.22. The average Bonchev–Trinajstić information content (AvgIpc) is 3.55. The minimum atomic E-state index is -0.0968. The van der Waals surface area contributed by atoms with Crippen molar-refractivity contribution in [3.63, 3.8) is 0 Å². The van der Waals surface area contributed by atoms with Crippen molar-refractivity contribution in [2.75, 3.05) is 38.5 Å². The molecule has 0 fully saturated rings. The van der Waals surface area contributed by atoms with Gasteiger partial charge in [-0.1, -0.05) is 19.9 Å². The number of thiazole rings is 1. The summed E-state index contributed by atoms with van der Waals surface area (Å²) < 4.78 is 3.24. The predicted molar refractivity (Wildman–Crippen MR) is 172 cm³/mol. The molecule has 11 heteroatoms. The molecule has 0 radical (unpaired) electrons. The second kappa shape index (κ2) is 18.2. The molecule has 1 atom stereocenters. The van der Waals surface area contributed by atoms with Crippen molar-refractivity contribution in [2.45, 2.75) is 46.6 Å². The third-order valence-electron chi connectivity index (χ3n) is 6.18. The number of nitrogens with zero attached hydrogens (tertiary/aromatic N) is 2. The summed E-state index contributed by atoms with van der Waals surface area (Å²) in [4.78, 5) is 38.7. The van der Waals surface area contributed by atoms with Crippen molar-refractivity contribution in [1.82, 2.24) is 25.5 Å². The van der Waals surface area contributed by atoms with E-state index in [0.717, 1.165) is 21.3 Å². The molecule has 0 saturated carbocycles. The Bertz CT molecular complexity index is 1590. The van der Waals surface area contributed by atoms with Gasteiger partial charge in [-0.25, -0.2) is 0 Å². The minimum absolute atomic E-state index is 0.00753.